The summed E-state index contributed by atoms with van der Waals surface area (Å²) in [6, 6.07) is 3.53. The Kier molecular flexibility index (Phi) is 2.74. The number of allylic oxidation sites excluding steroid dienone is 1. The first-order valence-electron chi connectivity index (χ1n) is 4.48. The van der Waals surface area contributed by atoms with Crippen LogP contribution in [-0.2, 0) is 5.92 Å². The fourth-order valence-corrected chi connectivity index (χ4v) is 1.81. The highest BCUT2D eigenvalue weighted by Gasteiger charge is 2.30. The Morgan fingerprint density at radius 3 is 1.93 bits per heavy atom. The minimum atomic E-state index is -2.93. The van der Waals surface area contributed by atoms with E-state index in [1.165, 1.54) is 0 Å². The van der Waals surface area contributed by atoms with E-state index in [2.05, 4.69) is 6.58 Å². The molecule has 1 rings (SSSR count). The zero-order valence-corrected chi connectivity index (χ0v) is 8.70. The fraction of sp³-hybridized carbons (Fsp3) is 0.333. The van der Waals surface area contributed by atoms with Gasteiger partial charge in [0.25, 0.3) is 5.92 Å². The average Bonchev–Trinajstić information content (AvgIpc) is 2.01. The van der Waals surface area contributed by atoms with E-state index in [0.29, 0.717) is 17.2 Å². The average molecular weight is 196 g/mol. The molecule has 0 nitrogen and oxygen atoms in total. The van der Waals surface area contributed by atoms with Crippen LogP contribution in [0.1, 0.15) is 22.3 Å². The number of hydrogen-bond donors (Lipinski definition) is 0. The maximum atomic E-state index is 13.4. The number of halogens is 2. The second kappa shape index (κ2) is 3.52. The zero-order chi connectivity index (χ0) is 10.9. The van der Waals surface area contributed by atoms with Crippen LogP contribution in [0.5, 0.6) is 0 Å². The maximum Gasteiger partial charge on any atom is 0.291 e. The Balaban J connectivity index is 3.42. The van der Waals surface area contributed by atoms with Gasteiger partial charge in [0.2, 0.25) is 0 Å². The van der Waals surface area contributed by atoms with Gasteiger partial charge in [0.05, 0.1) is 0 Å². The number of benzene rings is 1. The molecular formula is C12H14F2. The molecule has 0 atom stereocenters. The van der Waals surface area contributed by atoms with Crippen LogP contribution < -0.4 is 0 Å². The molecule has 0 bridgehead atoms. The Bertz CT molecular complexity index is 342. The number of hydrogen-bond acceptors (Lipinski definition) is 0. The highest BCUT2D eigenvalue weighted by atomic mass is 19.3. The summed E-state index contributed by atoms with van der Waals surface area (Å²) < 4.78 is 26.8. The van der Waals surface area contributed by atoms with Crippen molar-refractivity contribution < 1.29 is 8.78 Å². The summed E-state index contributed by atoms with van der Waals surface area (Å²) in [5.74, 6) is -2.93. The molecule has 14 heavy (non-hydrogen) atoms. The van der Waals surface area contributed by atoms with E-state index in [9.17, 15) is 8.78 Å². The molecular weight excluding hydrogens is 182 g/mol. The molecule has 0 heterocycles. The van der Waals surface area contributed by atoms with E-state index < -0.39 is 5.92 Å². The molecule has 1 aromatic rings. The molecule has 2 heteroatoms. The molecule has 0 spiro atoms. The lowest BCUT2D eigenvalue weighted by atomic mass is 9.95. The van der Waals surface area contributed by atoms with Gasteiger partial charge in [-0.2, -0.15) is 8.78 Å². The molecule has 0 amide bonds. The molecule has 0 radical (unpaired) electrons. The van der Waals surface area contributed by atoms with E-state index >= 15 is 0 Å². The van der Waals surface area contributed by atoms with Crippen molar-refractivity contribution in [3.05, 3.63) is 47.0 Å². The minimum absolute atomic E-state index is 0.0816. The van der Waals surface area contributed by atoms with Crippen LogP contribution in [0, 0.1) is 20.8 Å². The van der Waals surface area contributed by atoms with Gasteiger partial charge in [-0.15, -0.1) is 0 Å². The van der Waals surface area contributed by atoms with Crippen molar-refractivity contribution in [2.75, 3.05) is 0 Å². The molecule has 0 aromatic heterocycles. The van der Waals surface area contributed by atoms with Gasteiger partial charge in [-0.05, 0) is 38.0 Å². The van der Waals surface area contributed by atoms with Crippen molar-refractivity contribution in [2.24, 2.45) is 0 Å². The SMILES string of the molecule is C=CC(F)(F)c1c(C)cc(C)cc1C. The summed E-state index contributed by atoms with van der Waals surface area (Å²) in [5, 5.41) is 0. The van der Waals surface area contributed by atoms with Crippen molar-refractivity contribution in [3.63, 3.8) is 0 Å². The highest BCUT2D eigenvalue weighted by Crippen LogP contribution is 2.34. The van der Waals surface area contributed by atoms with Crippen molar-refractivity contribution >= 4 is 0 Å². The molecule has 0 saturated carbocycles. The summed E-state index contributed by atoms with van der Waals surface area (Å²) in [6.45, 7) is 8.46. The Morgan fingerprint density at radius 2 is 1.57 bits per heavy atom. The van der Waals surface area contributed by atoms with Crippen LogP contribution in [0.4, 0.5) is 8.78 Å². The third-order valence-electron chi connectivity index (χ3n) is 2.27. The van der Waals surface area contributed by atoms with E-state index in [1.807, 2.05) is 6.92 Å². The van der Waals surface area contributed by atoms with Crippen LogP contribution in [0.2, 0.25) is 0 Å². The predicted octanol–water partition coefficient (Wildman–Crippen LogP) is 3.89. The third-order valence-corrected chi connectivity index (χ3v) is 2.27. The summed E-state index contributed by atoms with van der Waals surface area (Å²) in [5.41, 5.74) is 2.32. The number of rotatable bonds is 2. The van der Waals surface area contributed by atoms with Crippen LogP contribution in [0.25, 0.3) is 0 Å². The van der Waals surface area contributed by atoms with Crippen molar-refractivity contribution in [2.45, 2.75) is 26.7 Å². The summed E-state index contributed by atoms with van der Waals surface area (Å²) in [7, 11) is 0. The molecule has 1 aromatic carbocycles. The molecule has 0 saturated heterocycles. The smallest absolute Gasteiger partial charge is 0.197 e. The fourth-order valence-electron chi connectivity index (χ4n) is 1.81. The zero-order valence-electron chi connectivity index (χ0n) is 8.70. The Hall–Kier alpha value is -1.18. The normalized spacial score (nSPS) is 11.5. The lowest BCUT2D eigenvalue weighted by Gasteiger charge is -2.18. The first-order valence-corrected chi connectivity index (χ1v) is 4.48. The highest BCUT2D eigenvalue weighted by molar-refractivity contribution is 5.41. The number of alkyl halides is 2. The van der Waals surface area contributed by atoms with E-state index in [0.717, 1.165) is 5.56 Å². The molecule has 0 aliphatic heterocycles. The first kappa shape index (κ1) is 10.9. The van der Waals surface area contributed by atoms with Crippen molar-refractivity contribution in [1.29, 1.82) is 0 Å². The lowest BCUT2D eigenvalue weighted by Crippen LogP contribution is -2.13. The van der Waals surface area contributed by atoms with E-state index in [-0.39, 0.29) is 5.56 Å². The Morgan fingerprint density at radius 1 is 1.14 bits per heavy atom. The molecule has 0 aliphatic carbocycles. The van der Waals surface area contributed by atoms with Gasteiger partial charge < -0.3 is 0 Å². The lowest BCUT2D eigenvalue weighted by molar-refractivity contribution is 0.0511. The quantitative estimate of drug-likeness (QED) is 0.629. The van der Waals surface area contributed by atoms with Crippen LogP contribution in [0.15, 0.2) is 24.8 Å². The summed E-state index contributed by atoms with van der Waals surface area (Å²) in [4.78, 5) is 0. The summed E-state index contributed by atoms with van der Waals surface area (Å²) in [6.07, 6.45) is 0.692. The van der Waals surface area contributed by atoms with Crippen molar-refractivity contribution in [3.8, 4) is 0 Å². The van der Waals surface area contributed by atoms with Gasteiger partial charge in [0, 0.05) is 5.56 Å². The summed E-state index contributed by atoms with van der Waals surface area (Å²) >= 11 is 0. The topological polar surface area (TPSA) is 0 Å². The molecule has 0 aliphatic rings. The van der Waals surface area contributed by atoms with Gasteiger partial charge in [0.15, 0.2) is 0 Å². The number of aryl methyl sites for hydroxylation is 3. The van der Waals surface area contributed by atoms with Gasteiger partial charge >= 0.3 is 0 Å². The van der Waals surface area contributed by atoms with Crippen molar-refractivity contribution in [1.82, 2.24) is 0 Å². The van der Waals surface area contributed by atoms with Gasteiger partial charge in [-0.25, -0.2) is 0 Å². The first-order chi connectivity index (χ1) is 6.38. The van der Waals surface area contributed by atoms with Gasteiger partial charge in [-0.1, -0.05) is 24.3 Å². The van der Waals surface area contributed by atoms with Gasteiger partial charge in [-0.3, -0.25) is 0 Å². The minimum Gasteiger partial charge on any atom is -0.197 e. The van der Waals surface area contributed by atoms with E-state index in [4.69, 9.17) is 0 Å². The van der Waals surface area contributed by atoms with Crippen LogP contribution in [-0.4, -0.2) is 0 Å². The standard InChI is InChI=1S/C12H14F2/c1-5-12(13,14)11-9(3)6-8(2)7-10(11)4/h5-7H,1H2,2-4H3. The van der Waals surface area contributed by atoms with Crippen LogP contribution in [0.3, 0.4) is 0 Å². The second-order valence-corrected chi connectivity index (χ2v) is 3.60. The predicted molar refractivity (Wildman–Crippen MR) is 54.7 cm³/mol. The van der Waals surface area contributed by atoms with Gasteiger partial charge in [0.1, 0.15) is 0 Å². The molecule has 0 fully saturated rings. The Labute approximate surface area is 83.3 Å². The largest absolute Gasteiger partial charge is 0.291 e. The molecule has 0 N–H and O–H groups in total. The molecule has 76 valence electrons. The van der Waals surface area contributed by atoms with Crippen LogP contribution >= 0.6 is 0 Å². The monoisotopic (exact) mass is 196 g/mol. The maximum absolute atomic E-state index is 13.4. The van der Waals surface area contributed by atoms with E-state index in [1.54, 1.807) is 26.0 Å². The third kappa shape index (κ3) is 1.84. The molecule has 0 unspecified atom stereocenters. The second-order valence-electron chi connectivity index (χ2n) is 3.60.